The van der Waals surface area contributed by atoms with E-state index in [1.54, 1.807) is 25.6 Å². The first-order valence-electron chi connectivity index (χ1n) is 8.67. The van der Waals surface area contributed by atoms with Crippen LogP contribution in [-0.2, 0) is 0 Å². The van der Waals surface area contributed by atoms with E-state index in [9.17, 15) is 4.79 Å². The topological polar surface area (TPSA) is 83.9 Å². The van der Waals surface area contributed by atoms with Crippen LogP contribution in [0.15, 0.2) is 24.7 Å². The molecule has 8 heteroatoms. The van der Waals surface area contributed by atoms with Gasteiger partial charge in [0.25, 0.3) is 5.91 Å². The fourth-order valence-electron chi connectivity index (χ4n) is 3.52. The maximum Gasteiger partial charge on any atom is 0.261 e. The molecule has 1 fully saturated rings. The quantitative estimate of drug-likeness (QED) is 0.765. The first kappa shape index (κ1) is 16.8. The van der Waals surface area contributed by atoms with Gasteiger partial charge in [-0.2, -0.15) is 0 Å². The molecule has 0 saturated carbocycles. The third-order valence-corrected chi connectivity index (χ3v) is 5.89. The summed E-state index contributed by atoms with van der Waals surface area (Å²) in [5.41, 5.74) is 1.92. The molecule has 1 aliphatic heterocycles. The maximum absolute atomic E-state index is 12.4. The summed E-state index contributed by atoms with van der Waals surface area (Å²) in [6.45, 7) is 3.69. The van der Waals surface area contributed by atoms with Gasteiger partial charge in [-0.25, -0.2) is 15.0 Å². The molecule has 0 spiro atoms. The minimum Gasteiger partial charge on any atom is -0.356 e. The highest BCUT2D eigenvalue weighted by molar-refractivity contribution is 7.20. The van der Waals surface area contributed by atoms with Gasteiger partial charge in [0, 0.05) is 44.3 Å². The van der Waals surface area contributed by atoms with Crippen LogP contribution in [0.5, 0.6) is 0 Å². The molecule has 0 unspecified atom stereocenters. The zero-order chi connectivity index (χ0) is 18.1. The molecule has 0 bridgehead atoms. The smallest absolute Gasteiger partial charge is 0.261 e. The van der Waals surface area contributed by atoms with E-state index >= 15 is 0 Å². The second kappa shape index (κ2) is 6.95. The maximum atomic E-state index is 12.4. The lowest BCUT2D eigenvalue weighted by Gasteiger charge is -2.33. The van der Waals surface area contributed by atoms with Crippen molar-refractivity contribution in [3.8, 4) is 0 Å². The van der Waals surface area contributed by atoms with Gasteiger partial charge in [0.15, 0.2) is 0 Å². The number of piperidine rings is 1. The van der Waals surface area contributed by atoms with Crippen LogP contribution in [0, 0.1) is 6.92 Å². The number of thiophene rings is 1. The Hall–Kier alpha value is -2.61. The molecule has 0 radical (unpaired) electrons. The van der Waals surface area contributed by atoms with E-state index in [0.29, 0.717) is 5.92 Å². The molecule has 1 amide bonds. The van der Waals surface area contributed by atoms with Gasteiger partial charge in [-0.1, -0.05) is 0 Å². The van der Waals surface area contributed by atoms with Gasteiger partial charge in [0.2, 0.25) is 0 Å². The van der Waals surface area contributed by atoms with E-state index in [0.717, 1.165) is 58.4 Å². The number of aromatic nitrogens is 4. The molecule has 0 atom stereocenters. The highest BCUT2D eigenvalue weighted by atomic mass is 32.1. The number of rotatable bonds is 3. The van der Waals surface area contributed by atoms with Crippen LogP contribution >= 0.6 is 11.3 Å². The Morgan fingerprint density at radius 3 is 2.69 bits per heavy atom. The number of carbonyl (C=O) groups is 1. The molecule has 0 aromatic carbocycles. The summed E-state index contributed by atoms with van der Waals surface area (Å²) in [6.07, 6.45) is 7.08. The minimum atomic E-state index is -0.0568. The van der Waals surface area contributed by atoms with Crippen LogP contribution in [0.2, 0.25) is 0 Å². The predicted octanol–water partition coefficient (Wildman–Crippen LogP) is 2.53. The van der Waals surface area contributed by atoms with Crippen molar-refractivity contribution in [2.24, 2.45) is 0 Å². The number of anilines is 1. The van der Waals surface area contributed by atoms with Crippen molar-refractivity contribution in [3.63, 3.8) is 0 Å². The Morgan fingerprint density at radius 1 is 1.19 bits per heavy atom. The molecule has 0 aliphatic carbocycles. The van der Waals surface area contributed by atoms with Crippen LogP contribution in [0.1, 0.15) is 39.8 Å². The van der Waals surface area contributed by atoms with Crippen LogP contribution in [0.4, 0.5) is 5.82 Å². The SMILES string of the molecule is CNC(=O)c1sc2nccnc2c1C1CCN(c2ccnc(C)n2)CC1. The van der Waals surface area contributed by atoms with Crippen molar-refractivity contribution in [2.45, 2.75) is 25.7 Å². The van der Waals surface area contributed by atoms with Crippen molar-refractivity contribution in [1.29, 1.82) is 0 Å². The van der Waals surface area contributed by atoms with E-state index in [2.05, 4.69) is 30.2 Å². The summed E-state index contributed by atoms with van der Waals surface area (Å²) in [6, 6.07) is 1.95. The van der Waals surface area contributed by atoms with Gasteiger partial charge in [0.05, 0.1) is 4.88 Å². The van der Waals surface area contributed by atoms with E-state index in [1.807, 2.05) is 13.0 Å². The second-order valence-corrected chi connectivity index (χ2v) is 7.36. The van der Waals surface area contributed by atoms with Gasteiger partial charge >= 0.3 is 0 Å². The molecular formula is C18H20N6OS. The first-order valence-corrected chi connectivity index (χ1v) is 9.49. The van der Waals surface area contributed by atoms with Crippen LogP contribution < -0.4 is 10.2 Å². The fourth-order valence-corrected chi connectivity index (χ4v) is 4.66. The average Bonchev–Trinajstić information content (AvgIpc) is 3.07. The highest BCUT2D eigenvalue weighted by Gasteiger charge is 2.29. The van der Waals surface area contributed by atoms with Gasteiger partial charge in [-0.05, 0) is 31.7 Å². The zero-order valence-corrected chi connectivity index (χ0v) is 15.6. The molecular weight excluding hydrogens is 348 g/mol. The van der Waals surface area contributed by atoms with Gasteiger partial charge in [-0.3, -0.25) is 9.78 Å². The summed E-state index contributed by atoms with van der Waals surface area (Å²) in [5.74, 6) is 1.99. The van der Waals surface area contributed by atoms with E-state index < -0.39 is 0 Å². The number of nitrogens with zero attached hydrogens (tertiary/aromatic N) is 5. The van der Waals surface area contributed by atoms with E-state index in [1.165, 1.54) is 11.3 Å². The largest absolute Gasteiger partial charge is 0.356 e. The number of nitrogens with one attached hydrogen (secondary N) is 1. The van der Waals surface area contributed by atoms with E-state index in [4.69, 9.17) is 0 Å². The molecule has 1 saturated heterocycles. The molecule has 3 aromatic rings. The second-order valence-electron chi connectivity index (χ2n) is 6.36. The van der Waals surface area contributed by atoms with Gasteiger partial charge < -0.3 is 10.2 Å². The van der Waals surface area contributed by atoms with Crippen molar-refractivity contribution < 1.29 is 4.79 Å². The Balaban J connectivity index is 1.62. The predicted molar refractivity (Wildman–Crippen MR) is 102 cm³/mol. The molecule has 134 valence electrons. The molecule has 1 N–H and O–H groups in total. The molecule has 26 heavy (non-hydrogen) atoms. The van der Waals surface area contributed by atoms with Gasteiger partial charge in [-0.15, -0.1) is 11.3 Å². The standard InChI is InChI=1S/C18H20N6OS/c1-11-20-6-3-13(23-11)24-9-4-12(5-10-24)14-15-18(22-8-7-21-15)26-16(14)17(25)19-2/h3,6-8,12H,4-5,9-10H2,1-2H3,(H,19,25). The zero-order valence-electron chi connectivity index (χ0n) is 14.8. The van der Waals surface area contributed by atoms with Crippen molar-refractivity contribution >= 4 is 33.4 Å². The van der Waals surface area contributed by atoms with Crippen LogP contribution in [0.3, 0.4) is 0 Å². The number of carbonyl (C=O) groups excluding carboxylic acids is 1. The number of aryl methyl sites for hydroxylation is 1. The summed E-state index contributed by atoms with van der Waals surface area (Å²) in [7, 11) is 1.66. The number of fused-ring (bicyclic) bond motifs is 1. The summed E-state index contributed by atoms with van der Waals surface area (Å²) < 4.78 is 0. The monoisotopic (exact) mass is 368 g/mol. The van der Waals surface area contributed by atoms with Crippen molar-refractivity contribution in [1.82, 2.24) is 25.3 Å². The molecule has 4 heterocycles. The van der Waals surface area contributed by atoms with Crippen LogP contribution in [0.25, 0.3) is 10.3 Å². The van der Waals surface area contributed by atoms with Crippen molar-refractivity contribution in [3.05, 3.63) is 40.9 Å². The Morgan fingerprint density at radius 2 is 1.96 bits per heavy atom. The average molecular weight is 368 g/mol. The number of hydrogen-bond donors (Lipinski definition) is 1. The first-order chi connectivity index (χ1) is 12.7. The molecule has 4 rings (SSSR count). The Bertz CT molecular complexity index is 948. The molecule has 3 aromatic heterocycles. The Kier molecular flexibility index (Phi) is 4.50. The third-order valence-electron chi connectivity index (χ3n) is 4.78. The molecule has 1 aliphatic rings. The van der Waals surface area contributed by atoms with Gasteiger partial charge in [0.1, 0.15) is 22.0 Å². The lowest BCUT2D eigenvalue weighted by molar-refractivity contribution is 0.0965. The molecule has 7 nitrogen and oxygen atoms in total. The van der Waals surface area contributed by atoms with Crippen LogP contribution in [-0.4, -0.2) is 46.0 Å². The summed E-state index contributed by atoms with van der Waals surface area (Å²) in [5, 5.41) is 2.75. The third kappa shape index (κ3) is 3.01. The lowest BCUT2D eigenvalue weighted by Crippen LogP contribution is -2.34. The van der Waals surface area contributed by atoms with Crippen molar-refractivity contribution in [2.75, 3.05) is 25.0 Å². The minimum absolute atomic E-state index is 0.0568. The highest BCUT2D eigenvalue weighted by Crippen LogP contribution is 2.39. The number of hydrogen-bond acceptors (Lipinski definition) is 7. The summed E-state index contributed by atoms with van der Waals surface area (Å²) in [4.78, 5) is 33.8. The summed E-state index contributed by atoms with van der Waals surface area (Å²) >= 11 is 1.43. The van der Waals surface area contributed by atoms with E-state index in [-0.39, 0.29) is 5.91 Å². The normalized spacial score (nSPS) is 15.4. The number of amides is 1. The Labute approximate surface area is 155 Å². The lowest BCUT2D eigenvalue weighted by atomic mass is 9.88. The fraction of sp³-hybridized carbons (Fsp3) is 0.389.